The predicted molar refractivity (Wildman–Crippen MR) is 124 cm³/mol. The van der Waals surface area contributed by atoms with Crippen molar-refractivity contribution in [2.75, 3.05) is 7.11 Å². The third-order valence-electron chi connectivity index (χ3n) is 5.94. The Bertz CT molecular complexity index is 1340. The van der Waals surface area contributed by atoms with Gasteiger partial charge in [0.05, 0.1) is 24.8 Å². The Kier molecular flexibility index (Phi) is 5.50. The molecular formula is C25H25FN6O. The van der Waals surface area contributed by atoms with E-state index in [1.165, 1.54) is 0 Å². The van der Waals surface area contributed by atoms with Crippen molar-refractivity contribution in [1.82, 2.24) is 29.3 Å². The van der Waals surface area contributed by atoms with Crippen LogP contribution in [0.3, 0.4) is 0 Å². The highest BCUT2D eigenvalue weighted by Crippen LogP contribution is 2.34. The summed E-state index contributed by atoms with van der Waals surface area (Å²) in [7, 11) is 1.60. The lowest BCUT2D eigenvalue weighted by Crippen LogP contribution is -2.19. The van der Waals surface area contributed by atoms with Gasteiger partial charge >= 0.3 is 0 Å². The zero-order valence-electron chi connectivity index (χ0n) is 18.9. The molecule has 0 radical (unpaired) electrons. The summed E-state index contributed by atoms with van der Waals surface area (Å²) in [5.74, 6) is 1.65. The summed E-state index contributed by atoms with van der Waals surface area (Å²) in [6.07, 6.45) is 9.13. The maximum atomic E-state index is 14.8. The molecule has 3 aromatic heterocycles. The number of benzene rings is 1. The molecule has 8 heteroatoms. The molecule has 0 saturated heterocycles. The van der Waals surface area contributed by atoms with Crippen molar-refractivity contribution in [3.63, 3.8) is 0 Å². The average molecular weight is 445 g/mol. The first-order valence-corrected chi connectivity index (χ1v) is 11.0. The number of rotatable bonds is 5. The molecule has 1 aliphatic rings. The summed E-state index contributed by atoms with van der Waals surface area (Å²) in [6, 6.07) is 9.39. The first-order valence-electron chi connectivity index (χ1n) is 11.0. The molecule has 33 heavy (non-hydrogen) atoms. The van der Waals surface area contributed by atoms with Crippen LogP contribution in [0.4, 0.5) is 4.39 Å². The second kappa shape index (κ2) is 8.61. The SMILES string of the molecule is COc1nc(/C=C/c2nc3n(n2)CCC[C@H]3c2cccc(C)c2F)ccc1-n1cnc(C)c1. The molecule has 1 aliphatic heterocycles. The largest absolute Gasteiger partial charge is 0.479 e. The van der Waals surface area contributed by atoms with Crippen molar-refractivity contribution in [2.45, 2.75) is 39.2 Å². The molecule has 0 unspecified atom stereocenters. The Hall–Kier alpha value is -3.81. The molecule has 7 nitrogen and oxygen atoms in total. The van der Waals surface area contributed by atoms with E-state index in [-0.39, 0.29) is 11.7 Å². The molecule has 1 atom stereocenters. The van der Waals surface area contributed by atoms with Gasteiger partial charge < -0.3 is 9.30 Å². The highest BCUT2D eigenvalue weighted by atomic mass is 19.1. The minimum atomic E-state index is -0.152. The van der Waals surface area contributed by atoms with Gasteiger partial charge in [0.25, 0.3) is 0 Å². The van der Waals surface area contributed by atoms with E-state index in [1.807, 2.05) is 58.8 Å². The van der Waals surface area contributed by atoms with Crippen LogP contribution in [0.25, 0.3) is 17.8 Å². The summed E-state index contributed by atoms with van der Waals surface area (Å²) in [6.45, 7) is 4.51. The van der Waals surface area contributed by atoms with E-state index in [9.17, 15) is 4.39 Å². The third-order valence-corrected chi connectivity index (χ3v) is 5.94. The fourth-order valence-corrected chi connectivity index (χ4v) is 4.27. The van der Waals surface area contributed by atoms with E-state index in [1.54, 1.807) is 26.4 Å². The van der Waals surface area contributed by atoms with Crippen LogP contribution in [-0.4, -0.2) is 36.4 Å². The van der Waals surface area contributed by atoms with Gasteiger partial charge in [0.1, 0.15) is 17.3 Å². The Morgan fingerprint density at radius 1 is 1.12 bits per heavy atom. The summed E-state index contributed by atoms with van der Waals surface area (Å²) in [4.78, 5) is 13.6. The minimum absolute atomic E-state index is 0.0931. The molecule has 5 rings (SSSR count). The lowest BCUT2D eigenvalue weighted by molar-refractivity contribution is 0.395. The number of nitrogens with zero attached hydrogens (tertiary/aromatic N) is 6. The monoisotopic (exact) mass is 444 g/mol. The lowest BCUT2D eigenvalue weighted by atomic mass is 9.90. The predicted octanol–water partition coefficient (Wildman–Crippen LogP) is 4.72. The molecule has 1 aromatic carbocycles. The number of fused-ring (bicyclic) bond motifs is 1. The Morgan fingerprint density at radius 2 is 2.00 bits per heavy atom. The molecule has 0 N–H and O–H groups in total. The van der Waals surface area contributed by atoms with E-state index in [0.717, 1.165) is 42.3 Å². The summed E-state index contributed by atoms with van der Waals surface area (Å²) >= 11 is 0. The van der Waals surface area contributed by atoms with E-state index < -0.39 is 0 Å². The number of aromatic nitrogens is 6. The number of aryl methyl sites for hydroxylation is 3. The smallest absolute Gasteiger partial charge is 0.238 e. The fourth-order valence-electron chi connectivity index (χ4n) is 4.27. The van der Waals surface area contributed by atoms with E-state index in [0.29, 0.717) is 22.8 Å². The standard InChI is InChI=1S/C25H25FN6O/c1-16-6-4-7-19(23(16)26)20-8-5-13-32-24(20)29-22(30-32)12-10-18-9-11-21(25(28-18)33-3)31-14-17(2)27-15-31/h4,6-7,9-12,14-15,20H,5,8,13H2,1-3H3/b12-10+/t20-/m0/s1. The molecule has 0 aliphatic carbocycles. The Morgan fingerprint density at radius 3 is 2.79 bits per heavy atom. The van der Waals surface area contributed by atoms with Gasteiger partial charge in [-0.2, -0.15) is 5.10 Å². The maximum absolute atomic E-state index is 14.8. The van der Waals surface area contributed by atoms with Crippen molar-refractivity contribution in [1.29, 1.82) is 0 Å². The average Bonchev–Trinajstić information content (AvgIpc) is 3.45. The van der Waals surface area contributed by atoms with Gasteiger partial charge in [-0.25, -0.2) is 24.0 Å². The van der Waals surface area contributed by atoms with Gasteiger partial charge in [0.15, 0.2) is 5.82 Å². The number of pyridine rings is 1. The van der Waals surface area contributed by atoms with Crippen molar-refractivity contribution in [3.8, 4) is 11.6 Å². The first-order chi connectivity index (χ1) is 16.0. The molecule has 0 spiro atoms. The van der Waals surface area contributed by atoms with Gasteiger partial charge in [-0.3, -0.25) is 0 Å². The van der Waals surface area contributed by atoms with Crippen molar-refractivity contribution >= 4 is 12.2 Å². The van der Waals surface area contributed by atoms with Crippen LogP contribution in [0.15, 0.2) is 42.9 Å². The summed E-state index contributed by atoms with van der Waals surface area (Å²) in [5.41, 5.74) is 3.80. The number of methoxy groups -OCH3 is 1. The van der Waals surface area contributed by atoms with E-state index in [2.05, 4.69) is 15.1 Å². The molecular weight excluding hydrogens is 419 g/mol. The van der Waals surface area contributed by atoms with Crippen LogP contribution in [0.2, 0.25) is 0 Å². The van der Waals surface area contributed by atoms with Crippen molar-refractivity contribution < 1.29 is 9.13 Å². The molecule has 0 bridgehead atoms. The van der Waals surface area contributed by atoms with E-state index in [4.69, 9.17) is 9.72 Å². The number of hydrogen-bond acceptors (Lipinski definition) is 5. The van der Waals surface area contributed by atoms with Gasteiger partial charge in [-0.05, 0) is 62.1 Å². The van der Waals surface area contributed by atoms with Crippen LogP contribution in [0.1, 0.15) is 52.9 Å². The highest BCUT2D eigenvalue weighted by Gasteiger charge is 2.27. The quantitative estimate of drug-likeness (QED) is 0.446. The number of ether oxygens (including phenoxy) is 1. The number of halogens is 1. The van der Waals surface area contributed by atoms with Crippen LogP contribution in [0, 0.1) is 19.7 Å². The Balaban J connectivity index is 1.42. The van der Waals surface area contributed by atoms with E-state index >= 15 is 0 Å². The summed E-state index contributed by atoms with van der Waals surface area (Å²) in [5, 5.41) is 4.63. The first kappa shape index (κ1) is 21.1. The van der Waals surface area contributed by atoms with Gasteiger partial charge in [0.2, 0.25) is 5.88 Å². The number of imidazole rings is 1. The zero-order valence-corrected chi connectivity index (χ0v) is 18.9. The fraction of sp³-hybridized carbons (Fsp3) is 0.280. The van der Waals surface area contributed by atoms with Crippen LogP contribution in [0.5, 0.6) is 5.88 Å². The zero-order chi connectivity index (χ0) is 22.9. The molecule has 0 saturated carbocycles. The second-order valence-electron chi connectivity index (χ2n) is 8.24. The molecule has 0 fully saturated rings. The van der Waals surface area contributed by atoms with Crippen LogP contribution < -0.4 is 4.74 Å². The topological polar surface area (TPSA) is 70.7 Å². The van der Waals surface area contributed by atoms with Crippen LogP contribution in [-0.2, 0) is 6.54 Å². The van der Waals surface area contributed by atoms with Crippen molar-refractivity contribution in [2.24, 2.45) is 0 Å². The number of hydrogen-bond donors (Lipinski definition) is 0. The third kappa shape index (κ3) is 4.04. The molecule has 0 amide bonds. The van der Waals surface area contributed by atoms with Crippen molar-refractivity contribution in [3.05, 3.63) is 82.8 Å². The normalized spacial score (nSPS) is 15.7. The maximum Gasteiger partial charge on any atom is 0.238 e. The second-order valence-corrected chi connectivity index (χ2v) is 8.24. The summed E-state index contributed by atoms with van der Waals surface area (Å²) < 4.78 is 24.1. The van der Waals surface area contributed by atoms with Gasteiger partial charge in [0, 0.05) is 18.7 Å². The Labute approximate surface area is 191 Å². The molecule has 4 aromatic rings. The molecule has 4 heterocycles. The lowest BCUT2D eigenvalue weighted by Gasteiger charge is -2.23. The van der Waals surface area contributed by atoms with Crippen LogP contribution >= 0.6 is 0 Å². The molecule has 168 valence electrons. The highest BCUT2D eigenvalue weighted by molar-refractivity contribution is 5.65. The van der Waals surface area contributed by atoms with Gasteiger partial charge in [-0.1, -0.05) is 18.2 Å². The van der Waals surface area contributed by atoms with Gasteiger partial charge in [-0.15, -0.1) is 0 Å². The minimum Gasteiger partial charge on any atom is -0.479 e.